The molecule has 18 heavy (non-hydrogen) atoms. The van der Waals surface area contributed by atoms with Gasteiger partial charge in [-0.1, -0.05) is 26.7 Å². The van der Waals surface area contributed by atoms with E-state index in [0.29, 0.717) is 19.4 Å². The highest BCUT2D eigenvalue weighted by Gasteiger charge is 2.42. The summed E-state index contributed by atoms with van der Waals surface area (Å²) < 4.78 is 0. The lowest BCUT2D eigenvalue weighted by atomic mass is 9.80. The van der Waals surface area contributed by atoms with E-state index >= 15 is 0 Å². The second-order valence-corrected chi connectivity index (χ2v) is 6.76. The largest absolute Gasteiger partial charge is 0.396 e. The average Bonchev–Trinajstić information content (AvgIpc) is 2.71. The van der Waals surface area contributed by atoms with Crippen molar-refractivity contribution < 1.29 is 14.7 Å². The number of rotatable bonds is 3. The summed E-state index contributed by atoms with van der Waals surface area (Å²) in [6.07, 6.45) is 4.87. The maximum Gasteiger partial charge on any atom is 0.229 e. The van der Waals surface area contributed by atoms with Gasteiger partial charge in [0.05, 0.1) is 6.61 Å². The van der Waals surface area contributed by atoms with Gasteiger partial charge >= 0.3 is 0 Å². The number of imide groups is 1. The minimum absolute atomic E-state index is 0.0732. The summed E-state index contributed by atoms with van der Waals surface area (Å²) in [7, 11) is 0. The minimum Gasteiger partial charge on any atom is -0.396 e. The fraction of sp³-hybridized carbons (Fsp3) is 0.857. The molecule has 2 rings (SSSR count). The molecule has 0 spiro atoms. The van der Waals surface area contributed by atoms with E-state index in [0.717, 1.165) is 25.7 Å². The van der Waals surface area contributed by atoms with Crippen molar-refractivity contribution in [3.05, 3.63) is 0 Å². The first kappa shape index (κ1) is 13.5. The van der Waals surface area contributed by atoms with E-state index in [9.17, 15) is 14.7 Å². The van der Waals surface area contributed by atoms with Crippen LogP contribution in [0.2, 0.25) is 0 Å². The van der Waals surface area contributed by atoms with Gasteiger partial charge in [0.25, 0.3) is 0 Å². The van der Waals surface area contributed by atoms with Crippen molar-refractivity contribution in [2.75, 3.05) is 13.2 Å². The van der Waals surface area contributed by atoms with Gasteiger partial charge in [-0.2, -0.15) is 0 Å². The Hall–Kier alpha value is -0.900. The Morgan fingerprint density at radius 1 is 1.11 bits per heavy atom. The van der Waals surface area contributed by atoms with Crippen LogP contribution in [-0.4, -0.2) is 35.0 Å². The number of nitrogens with zero attached hydrogens (tertiary/aromatic N) is 1. The Labute approximate surface area is 108 Å². The molecule has 1 aliphatic heterocycles. The molecule has 0 aromatic heterocycles. The molecule has 1 aliphatic carbocycles. The molecule has 2 amide bonds. The molecule has 2 aliphatic rings. The molecule has 0 atom stereocenters. The maximum atomic E-state index is 12.1. The molecular weight excluding hydrogens is 230 g/mol. The van der Waals surface area contributed by atoms with Gasteiger partial charge in [-0.3, -0.25) is 14.5 Å². The number of piperidine rings is 1. The lowest BCUT2D eigenvalue weighted by Crippen LogP contribution is -2.50. The normalized spacial score (nSPS) is 26.7. The number of carbonyl (C=O) groups is 2. The Kier molecular flexibility index (Phi) is 3.49. The van der Waals surface area contributed by atoms with Gasteiger partial charge in [-0.05, 0) is 18.3 Å². The third kappa shape index (κ3) is 2.58. The summed E-state index contributed by atoms with van der Waals surface area (Å²) in [5.41, 5.74) is -0.445. The standard InChI is InChI=1S/C14H23NO3/c1-13(2)7-11(17)15(12(18)8-13)9-14(10-16)5-3-4-6-14/h16H,3-10H2,1-2H3. The number of amides is 2. The maximum absolute atomic E-state index is 12.1. The Balaban J connectivity index is 2.09. The fourth-order valence-corrected chi connectivity index (χ4v) is 3.21. The molecule has 0 radical (unpaired) electrons. The van der Waals surface area contributed by atoms with Gasteiger partial charge in [0.1, 0.15) is 0 Å². The molecule has 4 nitrogen and oxygen atoms in total. The van der Waals surface area contributed by atoms with E-state index in [4.69, 9.17) is 0 Å². The third-order valence-corrected chi connectivity index (χ3v) is 4.35. The number of hydrogen-bond acceptors (Lipinski definition) is 3. The quantitative estimate of drug-likeness (QED) is 0.779. The van der Waals surface area contributed by atoms with Gasteiger partial charge in [0, 0.05) is 24.8 Å². The Morgan fingerprint density at radius 3 is 2.06 bits per heavy atom. The minimum atomic E-state index is -0.229. The number of aliphatic hydroxyl groups excluding tert-OH is 1. The van der Waals surface area contributed by atoms with Crippen molar-refractivity contribution in [3.8, 4) is 0 Å². The molecule has 1 saturated carbocycles. The Bertz CT molecular complexity index is 336. The molecule has 1 heterocycles. The summed E-state index contributed by atoms with van der Waals surface area (Å²) in [6, 6.07) is 0. The molecule has 4 heteroatoms. The second-order valence-electron chi connectivity index (χ2n) is 6.76. The van der Waals surface area contributed by atoms with E-state index in [1.54, 1.807) is 0 Å². The van der Waals surface area contributed by atoms with Crippen LogP contribution in [0.4, 0.5) is 0 Å². The molecule has 2 fully saturated rings. The van der Waals surface area contributed by atoms with Crippen molar-refractivity contribution in [3.63, 3.8) is 0 Å². The predicted octanol–water partition coefficient (Wildman–Crippen LogP) is 1.71. The first-order valence-corrected chi connectivity index (χ1v) is 6.82. The van der Waals surface area contributed by atoms with Crippen LogP contribution in [0.25, 0.3) is 0 Å². The summed E-state index contributed by atoms with van der Waals surface area (Å²) in [4.78, 5) is 25.6. The van der Waals surface area contributed by atoms with Crippen LogP contribution >= 0.6 is 0 Å². The van der Waals surface area contributed by atoms with E-state index in [2.05, 4.69) is 0 Å². The zero-order chi connectivity index (χ0) is 13.4. The zero-order valence-corrected chi connectivity index (χ0v) is 11.4. The molecule has 0 unspecified atom stereocenters. The van der Waals surface area contributed by atoms with E-state index in [-0.39, 0.29) is 29.3 Å². The fourth-order valence-electron chi connectivity index (χ4n) is 3.21. The van der Waals surface area contributed by atoms with Crippen LogP contribution in [0.15, 0.2) is 0 Å². The Morgan fingerprint density at radius 2 is 1.61 bits per heavy atom. The lowest BCUT2D eigenvalue weighted by Gasteiger charge is -2.39. The van der Waals surface area contributed by atoms with E-state index in [1.165, 1.54) is 4.90 Å². The molecule has 1 saturated heterocycles. The van der Waals surface area contributed by atoms with Crippen LogP contribution in [-0.2, 0) is 9.59 Å². The van der Waals surface area contributed by atoms with Gasteiger partial charge < -0.3 is 5.11 Å². The molecule has 1 N–H and O–H groups in total. The molecule has 0 aromatic carbocycles. The smallest absolute Gasteiger partial charge is 0.229 e. The monoisotopic (exact) mass is 253 g/mol. The number of carbonyl (C=O) groups excluding carboxylic acids is 2. The lowest BCUT2D eigenvalue weighted by molar-refractivity contribution is -0.155. The topological polar surface area (TPSA) is 57.6 Å². The van der Waals surface area contributed by atoms with Crippen LogP contribution in [0.3, 0.4) is 0 Å². The summed E-state index contributed by atoms with van der Waals surface area (Å²) >= 11 is 0. The predicted molar refractivity (Wildman–Crippen MR) is 67.7 cm³/mol. The van der Waals surface area contributed by atoms with Gasteiger partial charge in [-0.25, -0.2) is 0 Å². The summed E-state index contributed by atoms with van der Waals surface area (Å²) in [5.74, 6) is -0.146. The van der Waals surface area contributed by atoms with Crippen LogP contribution in [0.1, 0.15) is 52.4 Å². The summed E-state index contributed by atoms with van der Waals surface area (Å²) in [6.45, 7) is 4.40. The molecular formula is C14H23NO3. The molecule has 102 valence electrons. The van der Waals surface area contributed by atoms with Crippen molar-refractivity contribution >= 4 is 11.8 Å². The van der Waals surface area contributed by atoms with Crippen LogP contribution in [0, 0.1) is 10.8 Å². The highest BCUT2D eigenvalue weighted by atomic mass is 16.3. The highest BCUT2D eigenvalue weighted by molar-refractivity contribution is 5.98. The van der Waals surface area contributed by atoms with Crippen LogP contribution in [0.5, 0.6) is 0 Å². The summed E-state index contributed by atoms with van der Waals surface area (Å²) in [5, 5.41) is 9.57. The first-order valence-electron chi connectivity index (χ1n) is 6.82. The van der Waals surface area contributed by atoms with Crippen molar-refractivity contribution in [2.45, 2.75) is 52.4 Å². The zero-order valence-electron chi connectivity index (χ0n) is 11.4. The highest BCUT2D eigenvalue weighted by Crippen LogP contribution is 2.40. The number of likely N-dealkylation sites (tertiary alicyclic amines) is 1. The van der Waals surface area contributed by atoms with Crippen LogP contribution < -0.4 is 0 Å². The van der Waals surface area contributed by atoms with Gasteiger partial charge in [-0.15, -0.1) is 0 Å². The molecule has 0 bridgehead atoms. The van der Waals surface area contributed by atoms with E-state index < -0.39 is 0 Å². The van der Waals surface area contributed by atoms with Crippen molar-refractivity contribution in [2.24, 2.45) is 10.8 Å². The number of hydrogen-bond donors (Lipinski definition) is 1. The molecule has 0 aromatic rings. The SMILES string of the molecule is CC1(C)CC(=O)N(CC2(CO)CCCC2)C(=O)C1. The average molecular weight is 253 g/mol. The van der Waals surface area contributed by atoms with E-state index in [1.807, 2.05) is 13.8 Å². The van der Waals surface area contributed by atoms with Gasteiger partial charge in [0.2, 0.25) is 11.8 Å². The third-order valence-electron chi connectivity index (χ3n) is 4.35. The van der Waals surface area contributed by atoms with Crippen molar-refractivity contribution in [1.29, 1.82) is 0 Å². The number of aliphatic hydroxyl groups is 1. The van der Waals surface area contributed by atoms with Gasteiger partial charge in [0.15, 0.2) is 0 Å². The van der Waals surface area contributed by atoms with Crippen molar-refractivity contribution in [1.82, 2.24) is 4.90 Å². The first-order chi connectivity index (χ1) is 8.37. The second kappa shape index (κ2) is 4.65.